The first kappa shape index (κ1) is 22.5. The van der Waals surface area contributed by atoms with Crippen molar-refractivity contribution in [2.75, 3.05) is 13.2 Å². The fourth-order valence-corrected chi connectivity index (χ4v) is 5.01. The third-order valence-electron chi connectivity index (χ3n) is 3.73. The Balaban J connectivity index is 2.29. The van der Waals surface area contributed by atoms with E-state index in [0.29, 0.717) is 38.4 Å². The lowest BCUT2D eigenvalue weighted by atomic mass is 10.2. The van der Waals surface area contributed by atoms with Gasteiger partial charge in [-0.25, -0.2) is 0 Å². The van der Waals surface area contributed by atoms with Gasteiger partial charge in [0, 0.05) is 12.8 Å². The number of ether oxygens (including phenoxy) is 2. The van der Waals surface area contributed by atoms with Crippen molar-refractivity contribution in [1.82, 2.24) is 0 Å². The number of benzene rings is 1. The minimum Gasteiger partial charge on any atom is -0.492 e. The first-order valence-electron chi connectivity index (χ1n) is 8.64. The zero-order valence-electron chi connectivity index (χ0n) is 15.6. The van der Waals surface area contributed by atoms with Gasteiger partial charge in [0.1, 0.15) is 29.2 Å². The molecule has 0 atom stereocenters. The van der Waals surface area contributed by atoms with Crippen molar-refractivity contribution < 1.29 is 29.3 Å². The van der Waals surface area contributed by atoms with Gasteiger partial charge in [-0.1, -0.05) is 23.5 Å². The van der Waals surface area contributed by atoms with Crippen molar-refractivity contribution in [2.24, 2.45) is 0 Å². The van der Waals surface area contributed by atoms with Crippen molar-refractivity contribution in [2.45, 2.75) is 42.4 Å². The molecule has 0 fully saturated rings. The van der Waals surface area contributed by atoms with Crippen molar-refractivity contribution in [1.29, 1.82) is 10.5 Å². The molecule has 8 nitrogen and oxygen atoms in total. The third kappa shape index (κ3) is 6.08. The van der Waals surface area contributed by atoms with Crippen molar-refractivity contribution >= 4 is 35.5 Å². The van der Waals surface area contributed by atoms with Crippen LogP contribution in [0.15, 0.2) is 25.7 Å². The zero-order valence-corrected chi connectivity index (χ0v) is 17.2. The Bertz CT molecular complexity index is 914. The second kappa shape index (κ2) is 10.6. The highest BCUT2D eigenvalue weighted by atomic mass is 32.2. The number of carboxylic acid groups (broad SMARTS) is 2. The van der Waals surface area contributed by atoms with Crippen LogP contribution in [0.2, 0.25) is 0 Å². The van der Waals surface area contributed by atoms with E-state index in [1.165, 1.54) is 23.5 Å². The molecule has 152 valence electrons. The summed E-state index contributed by atoms with van der Waals surface area (Å²) >= 11 is 2.47. The number of carboxylic acids is 2. The Kier molecular flexibility index (Phi) is 8.25. The maximum atomic E-state index is 10.7. The molecule has 29 heavy (non-hydrogen) atoms. The summed E-state index contributed by atoms with van der Waals surface area (Å²) in [6.45, 7) is 2.25. The van der Waals surface area contributed by atoms with E-state index in [0.717, 1.165) is 5.56 Å². The summed E-state index contributed by atoms with van der Waals surface area (Å²) in [4.78, 5) is 22.7. The van der Waals surface area contributed by atoms with Gasteiger partial charge in [-0.2, -0.15) is 10.5 Å². The number of nitrogens with zero attached hydrogens (tertiary/aromatic N) is 2. The molecule has 0 spiro atoms. The summed E-state index contributed by atoms with van der Waals surface area (Å²) in [7, 11) is 0. The molecule has 1 aromatic carbocycles. The van der Waals surface area contributed by atoms with E-state index in [1.807, 2.05) is 19.1 Å². The molecular weight excluding hydrogens is 416 g/mol. The van der Waals surface area contributed by atoms with Crippen LogP contribution < -0.4 is 9.47 Å². The molecule has 0 aromatic heterocycles. The Morgan fingerprint density at radius 2 is 1.55 bits per heavy atom. The van der Waals surface area contributed by atoms with Gasteiger partial charge in [0.25, 0.3) is 0 Å². The maximum absolute atomic E-state index is 10.7. The molecule has 1 heterocycles. The minimum atomic E-state index is -0.900. The molecule has 1 aliphatic heterocycles. The van der Waals surface area contributed by atoms with Crippen LogP contribution in [0.3, 0.4) is 0 Å². The van der Waals surface area contributed by atoms with Crippen LogP contribution in [0.5, 0.6) is 11.5 Å². The van der Waals surface area contributed by atoms with Crippen LogP contribution in [-0.4, -0.2) is 35.4 Å². The first-order valence-corrected chi connectivity index (χ1v) is 10.3. The molecule has 0 bridgehead atoms. The van der Waals surface area contributed by atoms with E-state index < -0.39 is 11.9 Å². The van der Waals surface area contributed by atoms with Gasteiger partial charge in [0.15, 0.2) is 0 Å². The van der Waals surface area contributed by atoms with E-state index in [-0.39, 0.29) is 31.6 Å². The highest BCUT2D eigenvalue weighted by Gasteiger charge is 2.30. The topological polar surface area (TPSA) is 141 Å². The predicted molar refractivity (Wildman–Crippen MR) is 106 cm³/mol. The summed E-state index contributed by atoms with van der Waals surface area (Å²) in [6, 6.07) is 5.52. The predicted octanol–water partition coefficient (Wildman–Crippen LogP) is 3.94. The van der Waals surface area contributed by atoms with Crippen molar-refractivity contribution in [3.05, 3.63) is 21.4 Å². The largest absolute Gasteiger partial charge is 0.492 e. The Morgan fingerprint density at radius 3 is 2.10 bits per heavy atom. The van der Waals surface area contributed by atoms with Crippen LogP contribution in [0.1, 0.15) is 31.2 Å². The zero-order chi connectivity index (χ0) is 21.4. The molecule has 1 aliphatic rings. The molecule has 0 unspecified atom stereocenters. The van der Waals surface area contributed by atoms with Crippen LogP contribution in [-0.2, 0) is 9.59 Å². The first-order chi connectivity index (χ1) is 13.9. The normalized spacial score (nSPS) is 11.9. The second-order valence-electron chi connectivity index (χ2n) is 5.96. The van der Waals surface area contributed by atoms with Gasteiger partial charge in [-0.3, -0.25) is 9.59 Å². The van der Waals surface area contributed by atoms with Gasteiger partial charge >= 0.3 is 11.9 Å². The van der Waals surface area contributed by atoms with E-state index in [9.17, 15) is 20.1 Å². The average Bonchev–Trinajstić information content (AvgIpc) is 3.09. The van der Waals surface area contributed by atoms with E-state index in [4.69, 9.17) is 19.7 Å². The number of hydrogen-bond acceptors (Lipinski definition) is 8. The van der Waals surface area contributed by atoms with Crippen LogP contribution >= 0.6 is 23.5 Å². The van der Waals surface area contributed by atoms with Crippen LogP contribution in [0, 0.1) is 29.6 Å². The second-order valence-corrected chi connectivity index (χ2v) is 8.26. The van der Waals surface area contributed by atoms with Gasteiger partial charge in [-0.05, 0) is 31.4 Å². The number of fused-ring (bicyclic) bond motifs is 1. The lowest BCUT2D eigenvalue weighted by molar-refractivity contribution is -0.138. The molecule has 0 radical (unpaired) electrons. The average molecular weight is 434 g/mol. The monoisotopic (exact) mass is 434 g/mol. The van der Waals surface area contributed by atoms with Crippen LogP contribution in [0.25, 0.3) is 0 Å². The molecule has 0 aliphatic carbocycles. The maximum Gasteiger partial charge on any atom is 0.303 e. The van der Waals surface area contributed by atoms with Crippen molar-refractivity contribution in [3.63, 3.8) is 0 Å². The lowest BCUT2D eigenvalue weighted by Gasteiger charge is -2.16. The number of nitriles is 2. The Hall–Kier alpha value is -2.82. The number of carbonyl (C=O) groups is 2. The van der Waals surface area contributed by atoms with E-state index >= 15 is 0 Å². The smallest absolute Gasteiger partial charge is 0.303 e. The highest BCUT2D eigenvalue weighted by Crippen LogP contribution is 2.59. The fraction of sp³-hybridized carbons (Fsp3) is 0.368. The van der Waals surface area contributed by atoms with E-state index in [1.54, 1.807) is 6.07 Å². The standard InChI is InChI=1S/C19H18N2O6S2/c1-11-8-13(26-6-2-4-14(22)23)17-18(16(11)27-7-3-5-15(24)25)29-19(28-17)12(9-20)10-21/h8H,2-7H2,1H3,(H,22,23)(H,24,25). The van der Waals surface area contributed by atoms with Gasteiger partial charge in [-0.15, -0.1) is 0 Å². The molecule has 0 saturated carbocycles. The number of aliphatic carboxylic acids is 2. The molecule has 10 heteroatoms. The van der Waals surface area contributed by atoms with Gasteiger partial charge < -0.3 is 19.7 Å². The summed E-state index contributed by atoms with van der Waals surface area (Å²) in [6.07, 6.45) is 0.677. The summed E-state index contributed by atoms with van der Waals surface area (Å²) in [5, 5.41) is 35.9. The SMILES string of the molecule is Cc1cc(OCCCC(=O)O)c2c(c1OCCCC(=O)O)SC(=C(C#N)C#N)S2. The molecular formula is C19H18N2O6S2. The van der Waals surface area contributed by atoms with Crippen molar-refractivity contribution in [3.8, 4) is 23.6 Å². The third-order valence-corrected chi connectivity index (χ3v) is 6.34. The van der Waals surface area contributed by atoms with Gasteiger partial charge in [0.05, 0.1) is 27.2 Å². The Labute approximate surface area is 176 Å². The fourth-order valence-electron chi connectivity index (χ4n) is 2.43. The highest BCUT2D eigenvalue weighted by molar-refractivity contribution is 8.24. The summed E-state index contributed by atoms with van der Waals surface area (Å²) in [5.74, 6) is -0.707. The molecule has 0 amide bonds. The lowest BCUT2D eigenvalue weighted by Crippen LogP contribution is -2.05. The van der Waals surface area contributed by atoms with E-state index in [2.05, 4.69) is 0 Å². The quantitative estimate of drug-likeness (QED) is 0.411. The molecule has 0 saturated heterocycles. The number of rotatable bonds is 10. The summed E-state index contributed by atoms with van der Waals surface area (Å²) in [5.41, 5.74) is 0.750. The molecule has 1 aromatic rings. The Morgan fingerprint density at radius 1 is 1.00 bits per heavy atom. The molecule has 2 N–H and O–H groups in total. The molecule has 2 rings (SSSR count). The number of allylic oxidation sites excluding steroid dienone is 1. The van der Waals surface area contributed by atoms with Crippen LogP contribution in [0.4, 0.5) is 0 Å². The number of aryl methyl sites for hydroxylation is 1. The number of hydrogen-bond donors (Lipinski definition) is 2. The summed E-state index contributed by atoms with van der Waals surface area (Å²) < 4.78 is 12.1. The van der Waals surface area contributed by atoms with Gasteiger partial charge in [0.2, 0.25) is 0 Å². The minimum absolute atomic E-state index is 0.00787. The number of thioether (sulfide) groups is 2.